The van der Waals surface area contributed by atoms with Gasteiger partial charge in [-0.15, -0.1) is 0 Å². The second-order valence-corrected chi connectivity index (χ2v) is 10.7. The van der Waals surface area contributed by atoms with Gasteiger partial charge < -0.3 is 23.8 Å². The van der Waals surface area contributed by atoms with Crippen LogP contribution in [0.4, 0.5) is 8.78 Å². The van der Waals surface area contributed by atoms with E-state index in [9.17, 15) is 4.39 Å². The van der Waals surface area contributed by atoms with Crippen molar-refractivity contribution >= 4 is 22.0 Å². The third-order valence-corrected chi connectivity index (χ3v) is 8.07. The van der Waals surface area contributed by atoms with E-state index in [1.165, 1.54) is 13.2 Å². The molecule has 1 N–H and O–H groups in total. The highest BCUT2D eigenvalue weighted by atomic mass is 19.1. The molecule has 0 radical (unpaired) electrons. The Hall–Kier alpha value is -4.61. The molecule has 0 saturated heterocycles. The Bertz CT molecular complexity index is 2010. The minimum atomic E-state index is -0.782. The molecule has 7 rings (SSSR count). The Morgan fingerprint density at radius 2 is 1.91 bits per heavy atom. The maximum atomic E-state index is 15.9. The van der Waals surface area contributed by atoms with Gasteiger partial charge in [-0.05, 0) is 38.1 Å². The van der Waals surface area contributed by atoms with Crippen LogP contribution in [-0.2, 0) is 18.3 Å². The maximum absolute atomic E-state index is 15.9. The molecule has 0 fully saturated rings. The number of nitrogens with one attached hydrogen (secondary N) is 1. The van der Waals surface area contributed by atoms with Crippen molar-refractivity contribution in [2.45, 2.75) is 26.4 Å². The van der Waals surface area contributed by atoms with Crippen molar-refractivity contribution in [3.05, 3.63) is 71.9 Å². The van der Waals surface area contributed by atoms with Crippen LogP contribution >= 0.6 is 0 Å². The lowest BCUT2D eigenvalue weighted by Gasteiger charge is -2.21. The number of methoxy groups -OCH3 is 1. The smallest absolute Gasteiger partial charge is 0.160 e. The Morgan fingerprint density at radius 3 is 2.72 bits per heavy atom. The third kappa shape index (κ3) is 4.56. The van der Waals surface area contributed by atoms with Crippen LogP contribution in [0.5, 0.6) is 5.75 Å². The summed E-state index contributed by atoms with van der Waals surface area (Å²) in [5, 5.41) is 8.96. The van der Waals surface area contributed by atoms with Crippen molar-refractivity contribution in [3.63, 3.8) is 0 Å². The van der Waals surface area contributed by atoms with Crippen LogP contribution < -0.4 is 10.1 Å². The molecular formula is C32H30F2N6O3. The molecule has 9 nitrogen and oxygen atoms in total. The summed E-state index contributed by atoms with van der Waals surface area (Å²) >= 11 is 0. The first-order valence-electron chi connectivity index (χ1n) is 14.1. The highest BCUT2D eigenvalue weighted by Crippen LogP contribution is 2.46. The first kappa shape index (κ1) is 27.2. The number of rotatable bonds is 7. The number of hydrogen-bond acceptors (Lipinski definition) is 7. The van der Waals surface area contributed by atoms with Gasteiger partial charge in [0.2, 0.25) is 0 Å². The minimum absolute atomic E-state index is 0.0391. The molecule has 1 atom stereocenters. The normalized spacial score (nSPS) is 15.0. The van der Waals surface area contributed by atoms with Crippen LogP contribution in [0.25, 0.3) is 55.8 Å². The summed E-state index contributed by atoms with van der Waals surface area (Å²) < 4.78 is 51.4. The van der Waals surface area contributed by atoms with E-state index in [-0.39, 0.29) is 30.6 Å². The second kappa shape index (κ2) is 10.6. The number of aromatic nitrogens is 5. The van der Waals surface area contributed by atoms with E-state index in [1.54, 1.807) is 12.3 Å². The molecule has 1 aliphatic heterocycles. The van der Waals surface area contributed by atoms with E-state index in [0.29, 0.717) is 40.2 Å². The predicted molar refractivity (Wildman–Crippen MR) is 159 cm³/mol. The summed E-state index contributed by atoms with van der Waals surface area (Å²) in [5.41, 5.74) is 6.07. The fraction of sp³-hybridized carbons (Fsp3) is 0.281. The van der Waals surface area contributed by atoms with Crippen LogP contribution in [0.1, 0.15) is 24.5 Å². The molecule has 5 heterocycles. The van der Waals surface area contributed by atoms with Crippen molar-refractivity contribution < 1.29 is 22.7 Å². The van der Waals surface area contributed by atoms with Crippen molar-refractivity contribution in [1.82, 2.24) is 29.6 Å². The van der Waals surface area contributed by atoms with Crippen LogP contribution in [-0.4, -0.2) is 51.2 Å². The zero-order valence-corrected chi connectivity index (χ0v) is 24.2. The fourth-order valence-corrected chi connectivity index (χ4v) is 5.84. The Morgan fingerprint density at radius 1 is 1.05 bits per heavy atom. The van der Waals surface area contributed by atoms with Gasteiger partial charge in [-0.25, -0.2) is 18.7 Å². The van der Waals surface area contributed by atoms with Crippen LogP contribution in [0.3, 0.4) is 0 Å². The minimum Gasteiger partial charge on any atom is -0.490 e. The topological polar surface area (TPSA) is 92.2 Å². The monoisotopic (exact) mass is 584 g/mol. The molecule has 0 unspecified atom stereocenters. The number of ether oxygens (including phenoxy) is 2. The number of pyridine rings is 1. The number of halogens is 2. The number of nitrogens with zero attached hydrogens (tertiary/aromatic N) is 5. The molecule has 4 aromatic heterocycles. The van der Waals surface area contributed by atoms with Gasteiger partial charge in [0.05, 0.1) is 41.7 Å². The number of benzene rings is 2. The SMILES string of the molecule is COCCOc1cc(F)cc(F)c1-c1c(-c2cc3n(n2)CCN[C@@H]3C)nc(-c2ccc3c(c2)nc(C)n3C)c2occc12. The quantitative estimate of drug-likeness (QED) is 0.224. The van der Waals surface area contributed by atoms with E-state index in [4.69, 9.17) is 29.0 Å². The van der Waals surface area contributed by atoms with E-state index in [0.717, 1.165) is 40.7 Å². The summed E-state index contributed by atoms with van der Waals surface area (Å²) in [5.74, 6) is -0.606. The van der Waals surface area contributed by atoms with E-state index >= 15 is 4.39 Å². The highest BCUT2D eigenvalue weighted by molar-refractivity contribution is 6.07. The lowest BCUT2D eigenvalue weighted by molar-refractivity contribution is 0.146. The first-order chi connectivity index (χ1) is 20.8. The van der Waals surface area contributed by atoms with Crippen LogP contribution in [0.15, 0.2) is 53.1 Å². The summed E-state index contributed by atoms with van der Waals surface area (Å²) in [6.07, 6.45) is 1.55. The van der Waals surface area contributed by atoms with Crippen molar-refractivity contribution in [2.24, 2.45) is 7.05 Å². The zero-order chi connectivity index (χ0) is 29.8. The summed E-state index contributed by atoms with van der Waals surface area (Å²) in [6.45, 7) is 5.83. The first-order valence-corrected chi connectivity index (χ1v) is 14.1. The Balaban J connectivity index is 1.53. The Labute approximate surface area is 246 Å². The zero-order valence-electron chi connectivity index (χ0n) is 24.2. The maximum Gasteiger partial charge on any atom is 0.160 e. The molecule has 11 heteroatoms. The molecule has 2 aromatic carbocycles. The number of furan rings is 1. The second-order valence-electron chi connectivity index (χ2n) is 10.7. The van der Waals surface area contributed by atoms with Crippen molar-refractivity contribution in [2.75, 3.05) is 26.9 Å². The Kier molecular flexibility index (Phi) is 6.71. The number of fused-ring (bicyclic) bond motifs is 3. The van der Waals surface area contributed by atoms with E-state index in [1.807, 2.05) is 47.5 Å². The lowest BCUT2D eigenvalue weighted by Crippen LogP contribution is -2.31. The van der Waals surface area contributed by atoms with E-state index < -0.39 is 11.6 Å². The molecule has 0 amide bonds. The molecular weight excluding hydrogens is 554 g/mol. The van der Waals surface area contributed by atoms with Gasteiger partial charge in [0.1, 0.15) is 46.9 Å². The fourth-order valence-electron chi connectivity index (χ4n) is 5.84. The molecule has 220 valence electrons. The van der Waals surface area contributed by atoms with Gasteiger partial charge in [0.15, 0.2) is 5.58 Å². The van der Waals surface area contributed by atoms with Crippen LogP contribution in [0.2, 0.25) is 0 Å². The van der Waals surface area contributed by atoms with Gasteiger partial charge in [-0.2, -0.15) is 5.10 Å². The van der Waals surface area contributed by atoms with Gasteiger partial charge in [0.25, 0.3) is 0 Å². The van der Waals surface area contributed by atoms with E-state index in [2.05, 4.69) is 12.2 Å². The largest absolute Gasteiger partial charge is 0.490 e. The number of imidazole rings is 1. The molecule has 0 aliphatic carbocycles. The lowest BCUT2D eigenvalue weighted by atomic mass is 9.95. The van der Waals surface area contributed by atoms with Gasteiger partial charge in [0, 0.05) is 55.4 Å². The summed E-state index contributed by atoms with van der Waals surface area (Å²) in [6, 6.07) is 11.8. The predicted octanol–water partition coefficient (Wildman–Crippen LogP) is 6.19. The average Bonchev–Trinajstić information content (AvgIpc) is 3.71. The molecule has 0 bridgehead atoms. The molecule has 0 saturated carbocycles. The molecule has 6 aromatic rings. The number of hydrogen-bond donors (Lipinski definition) is 1. The molecule has 1 aliphatic rings. The van der Waals surface area contributed by atoms with Crippen molar-refractivity contribution in [3.8, 4) is 39.5 Å². The third-order valence-electron chi connectivity index (χ3n) is 8.07. The summed E-state index contributed by atoms with van der Waals surface area (Å²) in [4.78, 5) is 9.83. The summed E-state index contributed by atoms with van der Waals surface area (Å²) in [7, 11) is 3.51. The number of aryl methyl sites for hydroxylation is 2. The van der Waals surface area contributed by atoms with Crippen molar-refractivity contribution in [1.29, 1.82) is 0 Å². The van der Waals surface area contributed by atoms with Gasteiger partial charge in [-0.3, -0.25) is 4.68 Å². The van der Waals surface area contributed by atoms with Gasteiger partial charge >= 0.3 is 0 Å². The molecule has 43 heavy (non-hydrogen) atoms. The molecule has 0 spiro atoms. The van der Waals surface area contributed by atoms with Crippen LogP contribution in [0, 0.1) is 18.6 Å². The highest BCUT2D eigenvalue weighted by Gasteiger charge is 2.29. The van der Waals surface area contributed by atoms with Gasteiger partial charge in [-0.1, -0.05) is 6.07 Å². The standard InChI is InChI=1S/C32H30F2N6O3/c1-17-26-16-24(38-40(26)9-8-35-17)31-28(29-22(34)14-20(33)15-27(29)42-12-11-41-4)21-7-10-43-32(21)30(37-31)19-5-6-25-23(13-19)36-18(2)39(25)3/h5-7,10,13-17,35H,8-9,11-12H2,1-4H3/t17-/m1/s1. The average molecular weight is 585 g/mol.